The maximum absolute atomic E-state index is 4.35. The Kier molecular flexibility index (Phi) is 1.98. The highest BCUT2D eigenvalue weighted by Crippen LogP contribution is 2.29. The van der Waals surface area contributed by atoms with Gasteiger partial charge in [0.25, 0.3) is 0 Å². The number of aromatic nitrogens is 3. The molecule has 0 bridgehead atoms. The third kappa shape index (κ3) is 1.19. The monoisotopic (exact) mass is 199 g/mol. The van der Waals surface area contributed by atoms with Gasteiger partial charge in [0.1, 0.15) is 11.0 Å². The van der Waals surface area contributed by atoms with Crippen molar-refractivity contribution in [2.24, 2.45) is 0 Å². The number of hydrogen-bond donors (Lipinski definition) is 2. The van der Waals surface area contributed by atoms with Gasteiger partial charge in [-0.15, -0.1) is 26.9 Å². The van der Waals surface area contributed by atoms with Gasteiger partial charge in [-0.3, -0.25) is 0 Å². The zero-order valence-corrected chi connectivity index (χ0v) is 8.33. The van der Waals surface area contributed by atoms with Gasteiger partial charge < -0.3 is 0 Å². The SMILES string of the molecule is C[SH](S)n1nnc2ccccc21. The van der Waals surface area contributed by atoms with Crippen molar-refractivity contribution >= 4 is 32.8 Å². The Morgan fingerprint density at radius 3 is 2.92 bits per heavy atom. The fourth-order valence-electron chi connectivity index (χ4n) is 1.07. The molecule has 0 fully saturated rings. The van der Waals surface area contributed by atoms with Crippen LogP contribution in [0.2, 0.25) is 0 Å². The van der Waals surface area contributed by atoms with Crippen LogP contribution in [0.3, 0.4) is 0 Å². The standard InChI is InChI=1S/C7H9N3S2/c1-12(11)10-7-5-3-2-4-6(7)8-9-10/h2-5,11-12H,1H3. The molecule has 0 amide bonds. The molecule has 0 saturated carbocycles. The van der Waals surface area contributed by atoms with Crippen molar-refractivity contribution in [1.29, 1.82) is 0 Å². The smallest absolute Gasteiger partial charge is 0.114 e. The van der Waals surface area contributed by atoms with Crippen LogP contribution in [0.5, 0.6) is 0 Å². The zero-order chi connectivity index (χ0) is 8.55. The third-order valence-electron chi connectivity index (χ3n) is 1.61. The minimum absolute atomic E-state index is 0.521. The Bertz CT molecular complexity index is 396. The van der Waals surface area contributed by atoms with Crippen LogP contribution in [0.4, 0.5) is 0 Å². The summed E-state index contributed by atoms with van der Waals surface area (Å²) in [6, 6.07) is 7.89. The van der Waals surface area contributed by atoms with Crippen molar-refractivity contribution in [3.63, 3.8) is 0 Å². The van der Waals surface area contributed by atoms with Crippen molar-refractivity contribution in [3.05, 3.63) is 24.3 Å². The van der Waals surface area contributed by atoms with Gasteiger partial charge >= 0.3 is 0 Å². The summed E-state index contributed by atoms with van der Waals surface area (Å²) >= 11 is 4.35. The molecule has 1 aromatic carbocycles. The predicted octanol–water partition coefficient (Wildman–Crippen LogP) is 1.67. The van der Waals surface area contributed by atoms with Gasteiger partial charge in [-0.25, -0.2) is 0 Å². The molecule has 1 aromatic heterocycles. The highest BCUT2D eigenvalue weighted by Gasteiger charge is 2.03. The second kappa shape index (κ2) is 2.99. The molecule has 0 radical (unpaired) electrons. The summed E-state index contributed by atoms with van der Waals surface area (Å²) < 4.78 is 1.85. The predicted molar refractivity (Wildman–Crippen MR) is 56.8 cm³/mol. The highest BCUT2D eigenvalue weighted by atomic mass is 33.1. The first kappa shape index (κ1) is 7.94. The van der Waals surface area contributed by atoms with Crippen LogP contribution >= 0.6 is 21.8 Å². The van der Waals surface area contributed by atoms with Crippen LogP contribution in [-0.2, 0) is 0 Å². The number of para-hydroxylation sites is 1. The number of nitrogens with zero attached hydrogens (tertiary/aromatic N) is 3. The van der Waals surface area contributed by atoms with E-state index in [1.54, 1.807) is 0 Å². The summed E-state index contributed by atoms with van der Waals surface area (Å²) in [5.41, 5.74) is 1.99. The molecule has 5 heteroatoms. The van der Waals surface area contributed by atoms with Crippen molar-refractivity contribution in [2.45, 2.75) is 0 Å². The zero-order valence-electron chi connectivity index (χ0n) is 6.55. The number of hydrogen-bond acceptors (Lipinski definition) is 3. The van der Waals surface area contributed by atoms with E-state index < -0.39 is 10.1 Å². The first-order valence-electron chi connectivity index (χ1n) is 3.52. The van der Waals surface area contributed by atoms with E-state index in [4.69, 9.17) is 0 Å². The molecule has 0 aliphatic heterocycles. The topological polar surface area (TPSA) is 30.7 Å². The summed E-state index contributed by atoms with van der Waals surface area (Å²) in [7, 11) is -0.521. The van der Waals surface area contributed by atoms with E-state index in [1.807, 2.05) is 34.6 Å². The number of fused-ring (bicyclic) bond motifs is 1. The Morgan fingerprint density at radius 1 is 1.42 bits per heavy atom. The molecule has 0 spiro atoms. The Hall–Kier alpha value is -0.680. The summed E-state index contributed by atoms with van der Waals surface area (Å²) in [5, 5.41) is 8.03. The Morgan fingerprint density at radius 2 is 2.17 bits per heavy atom. The average molecular weight is 199 g/mol. The van der Waals surface area contributed by atoms with Crippen molar-refractivity contribution < 1.29 is 0 Å². The van der Waals surface area contributed by atoms with Gasteiger partial charge in [0.2, 0.25) is 0 Å². The number of rotatable bonds is 1. The third-order valence-corrected chi connectivity index (χ3v) is 2.96. The van der Waals surface area contributed by atoms with Crippen molar-refractivity contribution in [1.82, 2.24) is 14.4 Å². The molecule has 0 saturated heterocycles. The fourth-order valence-corrected chi connectivity index (χ4v) is 2.10. The maximum atomic E-state index is 4.35. The molecule has 3 nitrogen and oxygen atoms in total. The second-order valence-electron chi connectivity index (χ2n) is 2.46. The summed E-state index contributed by atoms with van der Waals surface area (Å²) in [5.74, 6) is 0. The van der Waals surface area contributed by atoms with Crippen LogP contribution in [0.15, 0.2) is 24.3 Å². The summed E-state index contributed by atoms with van der Waals surface area (Å²) in [6.45, 7) is 0. The Labute approximate surface area is 78.1 Å². The molecular weight excluding hydrogens is 190 g/mol. The molecule has 0 aliphatic rings. The van der Waals surface area contributed by atoms with Gasteiger partial charge in [0.05, 0.1) is 0 Å². The lowest BCUT2D eigenvalue weighted by atomic mass is 10.3. The second-order valence-corrected chi connectivity index (χ2v) is 5.55. The summed E-state index contributed by atoms with van der Waals surface area (Å²) in [6.07, 6.45) is 2.03. The van der Waals surface area contributed by atoms with E-state index in [-0.39, 0.29) is 0 Å². The number of benzene rings is 1. The molecule has 2 aromatic rings. The van der Waals surface area contributed by atoms with Crippen LogP contribution in [-0.4, -0.2) is 20.7 Å². The van der Waals surface area contributed by atoms with E-state index in [0.717, 1.165) is 11.0 Å². The first-order valence-corrected chi connectivity index (χ1v) is 6.42. The minimum Gasteiger partial charge on any atom is -0.200 e. The van der Waals surface area contributed by atoms with E-state index in [2.05, 4.69) is 22.0 Å². The number of thiol groups is 2. The molecule has 1 heterocycles. The largest absolute Gasteiger partial charge is 0.200 e. The maximum Gasteiger partial charge on any atom is 0.114 e. The van der Waals surface area contributed by atoms with E-state index in [0.29, 0.717) is 0 Å². The molecule has 1 atom stereocenters. The van der Waals surface area contributed by atoms with Crippen molar-refractivity contribution in [3.8, 4) is 0 Å². The van der Waals surface area contributed by atoms with Crippen molar-refractivity contribution in [2.75, 3.05) is 6.26 Å². The van der Waals surface area contributed by atoms with Gasteiger partial charge in [-0.2, -0.15) is 4.09 Å². The molecule has 2 rings (SSSR count). The molecule has 0 aliphatic carbocycles. The first-order chi connectivity index (χ1) is 5.79. The normalized spacial score (nSPS) is 15.0. The highest BCUT2D eigenvalue weighted by molar-refractivity contribution is 8.77. The van der Waals surface area contributed by atoms with Crippen LogP contribution in [0.25, 0.3) is 11.0 Å². The van der Waals surface area contributed by atoms with Gasteiger partial charge in [0.15, 0.2) is 0 Å². The fraction of sp³-hybridized carbons (Fsp3) is 0.143. The van der Waals surface area contributed by atoms with Crippen LogP contribution < -0.4 is 0 Å². The lowest BCUT2D eigenvalue weighted by molar-refractivity contribution is 0.911. The Balaban J connectivity index is 2.70. The van der Waals surface area contributed by atoms with Gasteiger partial charge in [-0.1, -0.05) is 17.3 Å². The molecule has 12 heavy (non-hydrogen) atoms. The molecule has 64 valence electrons. The van der Waals surface area contributed by atoms with E-state index in [9.17, 15) is 0 Å². The van der Waals surface area contributed by atoms with Crippen LogP contribution in [0.1, 0.15) is 0 Å². The lowest BCUT2D eigenvalue weighted by Crippen LogP contribution is -1.91. The van der Waals surface area contributed by atoms with E-state index >= 15 is 0 Å². The van der Waals surface area contributed by atoms with Gasteiger partial charge in [0, 0.05) is 0 Å². The summed E-state index contributed by atoms with van der Waals surface area (Å²) in [4.78, 5) is 0. The van der Waals surface area contributed by atoms with E-state index in [1.165, 1.54) is 0 Å². The van der Waals surface area contributed by atoms with Crippen LogP contribution in [0, 0.1) is 0 Å². The molecule has 1 unspecified atom stereocenters. The molecular formula is C7H9N3S2. The average Bonchev–Trinajstić information content (AvgIpc) is 2.47. The minimum atomic E-state index is -0.521. The quantitative estimate of drug-likeness (QED) is 0.540. The van der Waals surface area contributed by atoms with Gasteiger partial charge in [-0.05, 0) is 18.4 Å². The lowest BCUT2D eigenvalue weighted by Gasteiger charge is -2.07. The molecule has 0 N–H and O–H groups in total.